The monoisotopic (exact) mass is 394 g/mol. The summed E-state index contributed by atoms with van der Waals surface area (Å²) in [5.74, 6) is -0.311. The fourth-order valence-electron chi connectivity index (χ4n) is 2.28. The lowest BCUT2D eigenvalue weighted by atomic mass is 10.1. The SMILES string of the molecule is CC(C)(C)OC(N)=O.CC(C)CCC(=O)CN(CC(=O)O)Cc1ccccc1. The van der Waals surface area contributed by atoms with E-state index in [1.54, 1.807) is 25.7 Å². The highest BCUT2D eigenvalue weighted by Gasteiger charge is 2.15. The van der Waals surface area contributed by atoms with Gasteiger partial charge in [-0.3, -0.25) is 14.5 Å². The van der Waals surface area contributed by atoms with E-state index >= 15 is 0 Å². The highest BCUT2D eigenvalue weighted by atomic mass is 16.6. The number of carboxylic acid groups (broad SMARTS) is 1. The average molecular weight is 395 g/mol. The Labute approximate surface area is 167 Å². The summed E-state index contributed by atoms with van der Waals surface area (Å²) in [5.41, 5.74) is 5.28. The molecule has 0 radical (unpaired) electrons. The second-order valence-electron chi connectivity index (χ2n) is 8.03. The number of rotatable bonds is 9. The first-order valence-electron chi connectivity index (χ1n) is 9.37. The van der Waals surface area contributed by atoms with Crippen LogP contribution in [0.15, 0.2) is 30.3 Å². The molecule has 0 spiro atoms. The summed E-state index contributed by atoms with van der Waals surface area (Å²) < 4.78 is 4.58. The minimum atomic E-state index is -0.905. The number of hydrogen-bond donors (Lipinski definition) is 2. The van der Waals surface area contributed by atoms with Gasteiger partial charge in [0.05, 0.1) is 13.1 Å². The number of carboxylic acids is 1. The number of aliphatic carboxylic acids is 1. The Bertz CT molecular complexity index is 609. The predicted molar refractivity (Wildman–Crippen MR) is 109 cm³/mol. The normalized spacial score (nSPS) is 11.0. The van der Waals surface area contributed by atoms with Gasteiger partial charge in [-0.05, 0) is 38.7 Å². The van der Waals surface area contributed by atoms with Crippen molar-refractivity contribution in [1.29, 1.82) is 0 Å². The first-order valence-corrected chi connectivity index (χ1v) is 9.37. The van der Waals surface area contributed by atoms with Crippen LogP contribution in [0.4, 0.5) is 4.79 Å². The van der Waals surface area contributed by atoms with E-state index in [0.29, 0.717) is 18.9 Å². The topological polar surface area (TPSA) is 110 Å². The summed E-state index contributed by atoms with van der Waals surface area (Å²) >= 11 is 0. The molecule has 158 valence electrons. The van der Waals surface area contributed by atoms with Crippen LogP contribution in [0.5, 0.6) is 0 Å². The second-order valence-corrected chi connectivity index (χ2v) is 8.03. The molecule has 3 N–H and O–H groups in total. The number of carbonyl (C=O) groups excluding carboxylic acids is 2. The van der Waals surface area contributed by atoms with Gasteiger partial charge in [-0.25, -0.2) is 4.79 Å². The van der Waals surface area contributed by atoms with Crippen LogP contribution in [0.2, 0.25) is 0 Å². The summed E-state index contributed by atoms with van der Waals surface area (Å²) in [6.45, 7) is 10.0. The van der Waals surface area contributed by atoms with Gasteiger partial charge in [0.25, 0.3) is 0 Å². The van der Waals surface area contributed by atoms with Gasteiger partial charge in [0.1, 0.15) is 11.4 Å². The molecule has 7 heteroatoms. The summed E-state index contributed by atoms with van der Waals surface area (Å²) in [6.07, 6.45) is 0.644. The second kappa shape index (κ2) is 12.9. The van der Waals surface area contributed by atoms with Gasteiger partial charge in [0, 0.05) is 13.0 Å². The molecule has 28 heavy (non-hydrogen) atoms. The number of Topliss-reactive ketones (excluding diaryl/α,β-unsaturated/α-hetero) is 1. The third-order valence-electron chi connectivity index (χ3n) is 3.42. The molecule has 0 aromatic heterocycles. The van der Waals surface area contributed by atoms with E-state index in [0.717, 1.165) is 12.0 Å². The molecular weight excluding hydrogens is 360 g/mol. The number of nitrogens with two attached hydrogens (primary N) is 1. The molecule has 0 heterocycles. The van der Waals surface area contributed by atoms with Gasteiger partial charge in [-0.2, -0.15) is 0 Å². The van der Waals surface area contributed by atoms with E-state index < -0.39 is 17.7 Å². The van der Waals surface area contributed by atoms with Crippen molar-refractivity contribution >= 4 is 17.8 Å². The molecule has 0 aliphatic heterocycles. The van der Waals surface area contributed by atoms with Crippen molar-refractivity contribution in [1.82, 2.24) is 4.90 Å². The number of hydrogen-bond acceptors (Lipinski definition) is 5. The Morgan fingerprint density at radius 1 is 1.11 bits per heavy atom. The fourth-order valence-corrected chi connectivity index (χ4v) is 2.28. The Hall–Kier alpha value is -2.41. The van der Waals surface area contributed by atoms with Crippen molar-refractivity contribution in [3.63, 3.8) is 0 Å². The molecule has 0 saturated carbocycles. The lowest BCUT2D eigenvalue weighted by Gasteiger charge is -2.19. The maximum Gasteiger partial charge on any atom is 0.405 e. The van der Waals surface area contributed by atoms with E-state index in [-0.39, 0.29) is 18.9 Å². The van der Waals surface area contributed by atoms with Crippen molar-refractivity contribution < 1.29 is 24.2 Å². The molecule has 1 aromatic carbocycles. The minimum Gasteiger partial charge on any atom is -0.480 e. The lowest BCUT2D eigenvalue weighted by Crippen LogP contribution is -2.34. The van der Waals surface area contributed by atoms with Gasteiger partial charge in [0.15, 0.2) is 0 Å². The smallest absolute Gasteiger partial charge is 0.405 e. The van der Waals surface area contributed by atoms with Crippen LogP contribution in [0.3, 0.4) is 0 Å². The number of benzene rings is 1. The summed E-state index contributed by atoms with van der Waals surface area (Å²) in [7, 11) is 0. The average Bonchev–Trinajstić information content (AvgIpc) is 2.51. The fraction of sp³-hybridized carbons (Fsp3) is 0.571. The number of ether oxygens (including phenoxy) is 1. The summed E-state index contributed by atoms with van der Waals surface area (Å²) in [4.78, 5) is 34.5. The van der Waals surface area contributed by atoms with E-state index in [4.69, 9.17) is 10.8 Å². The summed E-state index contributed by atoms with van der Waals surface area (Å²) in [6, 6.07) is 9.61. The molecule has 0 atom stereocenters. The molecule has 0 saturated heterocycles. The van der Waals surface area contributed by atoms with Crippen LogP contribution in [-0.4, -0.2) is 46.5 Å². The molecule has 0 aliphatic rings. The van der Waals surface area contributed by atoms with Crippen LogP contribution >= 0.6 is 0 Å². The molecule has 7 nitrogen and oxygen atoms in total. The first kappa shape index (κ1) is 25.6. The van der Waals surface area contributed by atoms with E-state index in [2.05, 4.69) is 18.6 Å². The molecule has 0 unspecified atom stereocenters. The summed E-state index contributed by atoms with van der Waals surface area (Å²) in [5, 5.41) is 8.94. The molecule has 0 aliphatic carbocycles. The Morgan fingerprint density at radius 2 is 1.68 bits per heavy atom. The van der Waals surface area contributed by atoms with E-state index in [1.165, 1.54) is 0 Å². The quantitative estimate of drug-likeness (QED) is 0.664. The number of nitrogens with zero attached hydrogens (tertiary/aromatic N) is 1. The maximum atomic E-state index is 11.9. The van der Waals surface area contributed by atoms with Crippen molar-refractivity contribution in [3.8, 4) is 0 Å². The Kier molecular flexibility index (Phi) is 11.8. The first-order chi connectivity index (χ1) is 12.9. The van der Waals surface area contributed by atoms with Gasteiger partial charge in [-0.1, -0.05) is 44.2 Å². The minimum absolute atomic E-state index is 0.107. The Balaban J connectivity index is 0.000000769. The van der Waals surface area contributed by atoms with Crippen LogP contribution < -0.4 is 5.73 Å². The van der Waals surface area contributed by atoms with Crippen LogP contribution in [0.1, 0.15) is 53.0 Å². The largest absolute Gasteiger partial charge is 0.480 e. The Morgan fingerprint density at radius 3 is 2.07 bits per heavy atom. The maximum absolute atomic E-state index is 11.9. The third-order valence-corrected chi connectivity index (χ3v) is 3.42. The van der Waals surface area contributed by atoms with Crippen molar-refractivity contribution in [2.45, 2.75) is 59.6 Å². The lowest BCUT2D eigenvalue weighted by molar-refractivity contribution is -0.138. The number of amides is 1. The van der Waals surface area contributed by atoms with Crippen LogP contribution in [0.25, 0.3) is 0 Å². The van der Waals surface area contributed by atoms with Crippen LogP contribution in [-0.2, 0) is 20.9 Å². The van der Waals surface area contributed by atoms with Gasteiger partial charge < -0.3 is 15.6 Å². The van der Waals surface area contributed by atoms with E-state index in [9.17, 15) is 14.4 Å². The van der Waals surface area contributed by atoms with Crippen LogP contribution in [0, 0.1) is 5.92 Å². The zero-order valence-corrected chi connectivity index (χ0v) is 17.6. The van der Waals surface area contributed by atoms with Gasteiger partial charge in [-0.15, -0.1) is 0 Å². The van der Waals surface area contributed by atoms with Crippen molar-refractivity contribution in [2.24, 2.45) is 11.7 Å². The van der Waals surface area contributed by atoms with Crippen molar-refractivity contribution in [2.75, 3.05) is 13.1 Å². The van der Waals surface area contributed by atoms with Crippen molar-refractivity contribution in [3.05, 3.63) is 35.9 Å². The molecular formula is C21H34N2O5. The molecule has 1 aromatic rings. The van der Waals surface area contributed by atoms with Gasteiger partial charge in [0.2, 0.25) is 0 Å². The standard InChI is InChI=1S/C16H23NO3.C5H11NO2/c1-13(2)8-9-15(18)11-17(12-16(19)20)10-14-6-4-3-5-7-14;1-5(2,3)8-4(6)7/h3-7,13H,8-12H2,1-2H3,(H,19,20);1-3H3,(H2,6,7). The molecule has 0 fully saturated rings. The zero-order chi connectivity index (χ0) is 21.7. The number of carbonyl (C=O) groups is 3. The van der Waals surface area contributed by atoms with Gasteiger partial charge >= 0.3 is 12.1 Å². The van der Waals surface area contributed by atoms with E-state index in [1.807, 2.05) is 30.3 Å². The molecule has 0 bridgehead atoms. The zero-order valence-electron chi connectivity index (χ0n) is 17.6. The predicted octanol–water partition coefficient (Wildman–Crippen LogP) is 3.46. The highest BCUT2D eigenvalue weighted by molar-refractivity contribution is 5.81. The molecule has 1 amide bonds. The number of ketones is 1. The molecule has 1 rings (SSSR count). The number of primary amides is 1. The third kappa shape index (κ3) is 15.8. The highest BCUT2D eigenvalue weighted by Crippen LogP contribution is 2.08.